The SMILES string of the molecule is CCOc1ccc(C(C)NC(=O)NC2CCC(C)CC2)cc1. The lowest BCUT2D eigenvalue weighted by molar-refractivity contribution is 0.225. The second kappa shape index (κ2) is 8.06. The van der Waals surface area contributed by atoms with E-state index in [1.54, 1.807) is 0 Å². The third-order valence-corrected chi connectivity index (χ3v) is 4.39. The fourth-order valence-corrected chi connectivity index (χ4v) is 2.93. The Morgan fingerprint density at radius 2 is 1.86 bits per heavy atom. The first-order valence-electron chi connectivity index (χ1n) is 8.38. The van der Waals surface area contributed by atoms with Gasteiger partial charge >= 0.3 is 6.03 Å². The summed E-state index contributed by atoms with van der Waals surface area (Å²) in [6, 6.07) is 8.12. The van der Waals surface area contributed by atoms with Gasteiger partial charge in [0.2, 0.25) is 0 Å². The largest absolute Gasteiger partial charge is 0.494 e. The average Bonchev–Trinajstić information content (AvgIpc) is 2.50. The molecule has 1 aliphatic rings. The van der Waals surface area contributed by atoms with Crippen molar-refractivity contribution in [3.63, 3.8) is 0 Å². The van der Waals surface area contributed by atoms with Crippen molar-refractivity contribution in [2.24, 2.45) is 5.92 Å². The van der Waals surface area contributed by atoms with Crippen LogP contribution in [0.4, 0.5) is 4.79 Å². The second-order valence-electron chi connectivity index (χ2n) is 6.30. The van der Waals surface area contributed by atoms with Gasteiger partial charge < -0.3 is 15.4 Å². The minimum absolute atomic E-state index is 0.0156. The quantitative estimate of drug-likeness (QED) is 0.863. The van der Waals surface area contributed by atoms with Crippen LogP contribution in [0.1, 0.15) is 58.1 Å². The molecular weight excluding hydrogens is 276 g/mol. The van der Waals surface area contributed by atoms with Crippen molar-refractivity contribution in [1.29, 1.82) is 0 Å². The van der Waals surface area contributed by atoms with Crippen LogP contribution in [-0.4, -0.2) is 18.7 Å². The summed E-state index contributed by atoms with van der Waals surface area (Å²) in [6.45, 7) is 6.91. The van der Waals surface area contributed by atoms with E-state index in [0.717, 1.165) is 30.1 Å². The van der Waals surface area contributed by atoms with Crippen LogP contribution in [0.3, 0.4) is 0 Å². The first-order chi connectivity index (χ1) is 10.6. The maximum Gasteiger partial charge on any atom is 0.315 e. The second-order valence-corrected chi connectivity index (χ2v) is 6.30. The molecule has 1 aliphatic carbocycles. The zero-order valence-corrected chi connectivity index (χ0v) is 13.9. The fourth-order valence-electron chi connectivity index (χ4n) is 2.93. The molecule has 4 heteroatoms. The lowest BCUT2D eigenvalue weighted by Crippen LogP contribution is -2.44. The molecule has 1 atom stereocenters. The van der Waals surface area contributed by atoms with E-state index in [1.165, 1.54) is 12.8 Å². The first-order valence-corrected chi connectivity index (χ1v) is 8.38. The molecule has 0 saturated heterocycles. The van der Waals surface area contributed by atoms with Gasteiger partial charge in [0.1, 0.15) is 5.75 Å². The number of carbonyl (C=O) groups excluding carboxylic acids is 1. The molecule has 0 spiro atoms. The molecule has 0 aromatic heterocycles. The fraction of sp³-hybridized carbons (Fsp3) is 0.611. The van der Waals surface area contributed by atoms with Gasteiger partial charge in [-0.25, -0.2) is 4.79 Å². The number of amides is 2. The maximum absolute atomic E-state index is 12.1. The first kappa shape index (κ1) is 16.7. The van der Waals surface area contributed by atoms with Crippen LogP contribution in [0.2, 0.25) is 0 Å². The number of ether oxygens (including phenoxy) is 1. The Morgan fingerprint density at radius 1 is 1.23 bits per heavy atom. The average molecular weight is 304 g/mol. The predicted octanol–water partition coefficient (Wildman–Crippen LogP) is 4.02. The minimum Gasteiger partial charge on any atom is -0.494 e. The molecule has 2 N–H and O–H groups in total. The van der Waals surface area contributed by atoms with E-state index >= 15 is 0 Å². The van der Waals surface area contributed by atoms with Crippen LogP contribution in [0.15, 0.2) is 24.3 Å². The molecular formula is C18H28N2O2. The lowest BCUT2D eigenvalue weighted by Gasteiger charge is -2.27. The van der Waals surface area contributed by atoms with Crippen molar-refractivity contribution in [3.05, 3.63) is 29.8 Å². The van der Waals surface area contributed by atoms with Crippen LogP contribution in [0.5, 0.6) is 5.75 Å². The number of benzene rings is 1. The minimum atomic E-state index is -0.0686. The number of rotatable bonds is 5. The number of nitrogens with one attached hydrogen (secondary N) is 2. The Hall–Kier alpha value is -1.71. The standard InChI is InChI=1S/C18H28N2O2/c1-4-22-17-11-7-15(8-12-17)14(3)19-18(21)20-16-9-5-13(2)6-10-16/h7-8,11-14,16H,4-6,9-10H2,1-3H3,(H2,19,20,21). The number of carbonyl (C=O) groups is 1. The summed E-state index contributed by atoms with van der Waals surface area (Å²) < 4.78 is 5.43. The Kier molecular flexibility index (Phi) is 6.10. The van der Waals surface area contributed by atoms with Gasteiger partial charge in [0.15, 0.2) is 0 Å². The van der Waals surface area contributed by atoms with Crippen molar-refractivity contribution < 1.29 is 9.53 Å². The van der Waals surface area contributed by atoms with Crippen LogP contribution >= 0.6 is 0 Å². The number of urea groups is 1. The van der Waals surface area contributed by atoms with Crippen LogP contribution in [0.25, 0.3) is 0 Å². The van der Waals surface area contributed by atoms with E-state index < -0.39 is 0 Å². The van der Waals surface area contributed by atoms with E-state index in [4.69, 9.17) is 4.74 Å². The molecule has 4 nitrogen and oxygen atoms in total. The molecule has 0 radical (unpaired) electrons. The molecule has 2 rings (SSSR count). The maximum atomic E-state index is 12.1. The van der Waals surface area contributed by atoms with Crippen LogP contribution in [-0.2, 0) is 0 Å². The molecule has 22 heavy (non-hydrogen) atoms. The molecule has 0 bridgehead atoms. The summed E-state index contributed by atoms with van der Waals surface area (Å²) in [4.78, 5) is 12.1. The highest BCUT2D eigenvalue weighted by atomic mass is 16.5. The van der Waals surface area contributed by atoms with Gasteiger partial charge in [0, 0.05) is 6.04 Å². The van der Waals surface area contributed by atoms with Gasteiger partial charge in [0.25, 0.3) is 0 Å². The number of hydrogen-bond acceptors (Lipinski definition) is 2. The number of hydrogen-bond donors (Lipinski definition) is 2. The monoisotopic (exact) mass is 304 g/mol. The van der Waals surface area contributed by atoms with Crippen LogP contribution in [0, 0.1) is 5.92 Å². The smallest absolute Gasteiger partial charge is 0.315 e. The van der Waals surface area contributed by atoms with Crippen molar-refractivity contribution in [2.75, 3.05) is 6.61 Å². The van der Waals surface area contributed by atoms with Crippen LogP contribution < -0.4 is 15.4 Å². The lowest BCUT2D eigenvalue weighted by atomic mass is 9.87. The highest BCUT2D eigenvalue weighted by molar-refractivity contribution is 5.74. The molecule has 0 aliphatic heterocycles. The summed E-state index contributed by atoms with van der Waals surface area (Å²) >= 11 is 0. The summed E-state index contributed by atoms with van der Waals surface area (Å²) in [6.07, 6.45) is 4.59. The van der Waals surface area contributed by atoms with Gasteiger partial charge in [-0.05, 0) is 63.1 Å². The Balaban J connectivity index is 1.80. The molecule has 122 valence electrons. The molecule has 1 aromatic carbocycles. The van der Waals surface area contributed by atoms with E-state index in [1.807, 2.05) is 38.1 Å². The summed E-state index contributed by atoms with van der Waals surface area (Å²) in [5.74, 6) is 1.66. The van der Waals surface area contributed by atoms with Crippen molar-refractivity contribution in [1.82, 2.24) is 10.6 Å². The summed E-state index contributed by atoms with van der Waals surface area (Å²) in [5, 5.41) is 6.11. The summed E-state index contributed by atoms with van der Waals surface area (Å²) in [7, 11) is 0. The van der Waals surface area contributed by atoms with Gasteiger partial charge in [-0.2, -0.15) is 0 Å². The van der Waals surface area contributed by atoms with E-state index in [2.05, 4.69) is 17.6 Å². The summed E-state index contributed by atoms with van der Waals surface area (Å²) in [5.41, 5.74) is 1.08. The van der Waals surface area contributed by atoms with Gasteiger partial charge in [-0.15, -0.1) is 0 Å². The zero-order chi connectivity index (χ0) is 15.9. The topological polar surface area (TPSA) is 50.4 Å². The molecule has 1 fully saturated rings. The third kappa shape index (κ3) is 4.93. The van der Waals surface area contributed by atoms with E-state index in [-0.39, 0.29) is 12.1 Å². The molecule has 0 heterocycles. The molecule has 2 amide bonds. The van der Waals surface area contributed by atoms with E-state index in [9.17, 15) is 4.79 Å². The van der Waals surface area contributed by atoms with Gasteiger partial charge in [-0.3, -0.25) is 0 Å². The Labute approximate surface area is 133 Å². The normalized spacial score (nSPS) is 22.7. The molecule has 1 unspecified atom stereocenters. The third-order valence-electron chi connectivity index (χ3n) is 4.39. The van der Waals surface area contributed by atoms with Crippen molar-refractivity contribution >= 4 is 6.03 Å². The Morgan fingerprint density at radius 3 is 2.45 bits per heavy atom. The Bertz CT molecular complexity index is 464. The molecule has 1 aromatic rings. The van der Waals surface area contributed by atoms with E-state index in [0.29, 0.717) is 12.6 Å². The van der Waals surface area contributed by atoms with Gasteiger partial charge in [0.05, 0.1) is 12.6 Å². The highest BCUT2D eigenvalue weighted by Crippen LogP contribution is 2.23. The van der Waals surface area contributed by atoms with Gasteiger partial charge in [-0.1, -0.05) is 19.1 Å². The molecule has 1 saturated carbocycles. The highest BCUT2D eigenvalue weighted by Gasteiger charge is 2.20. The van der Waals surface area contributed by atoms with Crippen molar-refractivity contribution in [3.8, 4) is 5.75 Å². The zero-order valence-electron chi connectivity index (χ0n) is 13.9. The predicted molar refractivity (Wildman–Crippen MR) is 89.1 cm³/mol. The van der Waals surface area contributed by atoms with Crippen molar-refractivity contribution in [2.45, 2.75) is 58.5 Å².